The van der Waals surface area contributed by atoms with E-state index in [2.05, 4.69) is 231 Å². The summed E-state index contributed by atoms with van der Waals surface area (Å²) < 4.78 is 0. The van der Waals surface area contributed by atoms with Crippen LogP contribution in [0, 0.1) is 0 Å². The predicted octanol–water partition coefficient (Wildman–Crippen LogP) is 17.0. The highest BCUT2D eigenvalue weighted by molar-refractivity contribution is 6.25. The number of allylic oxidation sites excluding steroid dienone is 9. The highest BCUT2D eigenvalue weighted by Gasteiger charge is 2.18. The smallest absolute Gasteiger partial charge is 0.160 e. The Hall–Kier alpha value is -8.79. The van der Waals surface area contributed by atoms with Gasteiger partial charge in [0.15, 0.2) is 5.82 Å². The molecule has 2 aromatic heterocycles. The Bertz CT molecular complexity index is 3890. The molecule has 1 aliphatic rings. The van der Waals surface area contributed by atoms with Gasteiger partial charge in [0.05, 0.1) is 22.6 Å². The first kappa shape index (κ1) is 39.8. The first-order chi connectivity index (χ1) is 33.1. The minimum absolute atomic E-state index is 0.658. The van der Waals surface area contributed by atoms with Gasteiger partial charge in [0.1, 0.15) is 0 Å². The minimum Gasteiger partial charge on any atom is -0.247 e. The van der Waals surface area contributed by atoms with Gasteiger partial charge >= 0.3 is 0 Å². The van der Waals surface area contributed by atoms with Crippen molar-refractivity contribution >= 4 is 59.6 Å². The second-order valence-corrected chi connectivity index (χ2v) is 17.2. The average molecular weight is 854 g/mol. The molecule has 0 fully saturated rings. The number of rotatable bonds is 6. The van der Waals surface area contributed by atoms with E-state index in [1.165, 1.54) is 43.3 Å². The summed E-state index contributed by atoms with van der Waals surface area (Å²) in [4.78, 5) is 15.7. The number of aromatic nitrogens is 3. The zero-order valence-corrected chi connectivity index (χ0v) is 36.8. The number of hydrogen-bond acceptors (Lipinski definition) is 3. The zero-order valence-electron chi connectivity index (χ0n) is 36.8. The lowest BCUT2D eigenvalue weighted by molar-refractivity contribution is 1.13. The topological polar surface area (TPSA) is 38.7 Å². The molecule has 67 heavy (non-hydrogen) atoms. The maximum Gasteiger partial charge on any atom is 0.160 e. The maximum atomic E-state index is 5.36. The molecule has 3 heteroatoms. The summed E-state index contributed by atoms with van der Waals surface area (Å²) in [5, 5.41) is 10.8. The number of para-hydroxylation sites is 1. The van der Waals surface area contributed by atoms with Crippen LogP contribution in [0.25, 0.3) is 116 Å². The van der Waals surface area contributed by atoms with Gasteiger partial charge < -0.3 is 0 Å². The number of nitrogens with zero attached hydrogens (tertiary/aromatic N) is 3. The molecule has 9 aromatic carbocycles. The van der Waals surface area contributed by atoms with E-state index in [-0.39, 0.29) is 0 Å². The van der Waals surface area contributed by atoms with Gasteiger partial charge in [0.25, 0.3) is 0 Å². The second kappa shape index (κ2) is 17.0. The Labute approximate surface area is 389 Å². The summed E-state index contributed by atoms with van der Waals surface area (Å²) in [6.07, 6.45) is 15.3. The quantitative estimate of drug-likeness (QED) is 0.156. The fourth-order valence-corrected chi connectivity index (χ4v) is 9.55. The number of benzene rings is 9. The Balaban J connectivity index is 0.929. The van der Waals surface area contributed by atoms with E-state index in [9.17, 15) is 0 Å². The molecule has 0 atom stereocenters. The average Bonchev–Trinajstić information content (AvgIpc) is 3.39. The fraction of sp³-hybridized carbons (Fsp3) is 0.0156. The second-order valence-electron chi connectivity index (χ2n) is 17.2. The lowest BCUT2D eigenvalue weighted by Crippen LogP contribution is -1.99. The first-order valence-electron chi connectivity index (χ1n) is 22.8. The molecule has 314 valence electrons. The third-order valence-corrected chi connectivity index (χ3v) is 12.9. The summed E-state index contributed by atoms with van der Waals surface area (Å²) in [6.45, 7) is 4.29. The van der Waals surface area contributed by atoms with Gasteiger partial charge in [-0.1, -0.05) is 207 Å². The minimum atomic E-state index is 0.658. The molecule has 0 spiro atoms. The third-order valence-electron chi connectivity index (χ3n) is 12.9. The van der Waals surface area contributed by atoms with Crippen molar-refractivity contribution in [1.82, 2.24) is 15.0 Å². The Morgan fingerprint density at radius 3 is 1.69 bits per heavy atom. The predicted molar refractivity (Wildman–Crippen MR) is 284 cm³/mol. The van der Waals surface area contributed by atoms with Crippen molar-refractivity contribution in [1.29, 1.82) is 0 Å². The van der Waals surface area contributed by atoms with Crippen LogP contribution in [0.2, 0.25) is 0 Å². The molecule has 12 rings (SSSR count). The molecule has 0 bridgehead atoms. The van der Waals surface area contributed by atoms with Crippen molar-refractivity contribution in [2.75, 3.05) is 0 Å². The normalized spacial score (nSPS) is 15.2. The summed E-state index contributed by atoms with van der Waals surface area (Å²) in [5.74, 6) is 0.658. The molecule has 0 N–H and O–H groups in total. The van der Waals surface area contributed by atoms with Gasteiger partial charge in [-0.05, 0) is 103 Å². The molecule has 0 saturated carbocycles. The monoisotopic (exact) mass is 853 g/mol. The van der Waals surface area contributed by atoms with Crippen LogP contribution in [0.3, 0.4) is 0 Å². The molecular formula is C64H43N3. The molecule has 1 aliphatic carbocycles. The van der Waals surface area contributed by atoms with E-state index in [1.54, 1.807) is 0 Å². The highest BCUT2D eigenvalue weighted by atomic mass is 14.9. The van der Waals surface area contributed by atoms with Crippen LogP contribution in [-0.2, 0) is 0 Å². The van der Waals surface area contributed by atoms with Crippen molar-refractivity contribution in [2.24, 2.45) is 0 Å². The molecule has 11 aromatic rings. The van der Waals surface area contributed by atoms with Gasteiger partial charge in [-0.15, -0.1) is 0 Å². The van der Waals surface area contributed by atoms with Crippen molar-refractivity contribution in [3.8, 4) is 56.0 Å². The van der Waals surface area contributed by atoms with Crippen LogP contribution in [-0.4, -0.2) is 15.0 Å². The molecule has 0 radical (unpaired) electrons. The van der Waals surface area contributed by atoms with Crippen molar-refractivity contribution in [3.63, 3.8) is 0 Å². The summed E-state index contributed by atoms with van der Waals surface area (Å²) >= 11 is 0. The molecule has 0 unspecified atom stereocenters. The Morgan fingerprint density at radius 2 is 0.955 bits per heavy atom. The van der Waals surface area contributed by atoms with Crippen LogP contribution in [0.1, 0.15) is 12.2 Å². The number of pyridine rings is 1. The lowest BCUT2D eigenvalue weighted by Gasteiger charge is -2.16. The number of hydrogen-bond donors (Lipinski definition) is 0. The van der Waals surface area contributed by atoms with Gasteiger partial charge in [0, 0.05) is 38.4 Å². The zero-order chi connectivity index (χ0) is 44.7. The highest BCUT2D eigenvalue weighted by Crippen LogP contribution is 2.42. The van der Waals surface area contributed by atoms with E-state index in [1.807, 2.05) is 12.2 Å². The molecular weight excluding hydrogens is 811 g/mol. The summed E-state index contributed by atoms with van der Waals surface area (Å²) in [6, 6.07) is 69.7. The van der Waals surface area contributed by atoms with Crippen LogP contribution < -0.4 is 0 Å². The van der Waals surface area contributed by atoms with Gasteiger partial charge in [-0.2, -0.15) is 0 Å². The first-order valence-corrected chi connectivity index (χ1v) is 22.8. The Morgan fingerprint density at radius 1 is 0.388 bits per heavy atom. The van der Waals surface area contributed by atoms with Crippen LogP contribution in [0.4, 0.5) is 0 Å². The van der Waals surface area contributed by atoms with Crippen LogP contribution in [0.15, 0.2) is 249 Å². The van der Waals surface area contributed by atoms with Gasteiger partial charge in [-0.25, -0.2) is 15.0 Å². The largest absolute Gasteiger partial charge is 0.247 e. The fourth-order valence-electron chi connectivity index (χ4n) is 9.55. The molecule has 2 heterocycles. The van der Waals surface area contributed by atoms with Crippen molar-refractivity contribution in [3.05, 3.63) is 255 Å². The van der Waals surface area contributed by atoms with Gasteiger partial charge in [0.2, 0.25) is 0 Å². The van der Waals surface area contributed by atoms with Gasteiger partial charge in [-0.3, -0.25) is 0 Å². The lowest BCUT2D eigenvalue weighted by atomic mass is 9.89. The molecule has 0 saturated heterocycles. The maximum absolute atomic E-state index is 5.36. The standard InChI is InChI=1S/C64H43N3/c1-42-15-5-3-2-4-6-20-53(37-42)64-66-60(41-61(67-64)51-35-29-43-16-7-9-18-49(43)38-51)48-33-27-46(28-34-48)45-25-31-47(32-26-45)57-40-58-62(55-22-12-11-21-54(55)57)56-23-13-14-24-59(56)65-63(58)52-36-30-44-17-8-10-19-50(44)39-52/h2-3,5-41H,1,4H2/b3-2-,15-5-,20-6-,53-37+. The van der Waals surface area contributed by atoms with Crippen molar-refractivity contribution in [2.45, 2.75) is 6.42 Å². The summed E-state index contributed by atoms with van der Waals surface area (Å²) in [7, 11) is 0. The van der Waals surface area contributed by atoms with E-state index < -0.39 is 0 Å². The van der Waals surface area contributed by atoms with E-state index in [0.29, 0.717) is 5.82 Å². The van der Waals surface area contributed by atoms with E-state index >= 15 is 0 Å². The molecule has 3 nitrogen and oxygen atoms in total. The third kappa shape index (κ3) is 7.63. The van der Waals surface area contributed by atoms with Crippen LogP contribution in [0.5, 0.6) is 0 Å². The Kier molecular flexibility index (Phi) is 10.1. The van der Waals surface area contributed by atoms with E-state index in [4.69, 9.17) is 15.0 Å². The number of fused-ring (bicyclic) bond motifs is 7. The molecule has 0 amide bonds. The SMILES string of the molecule is C=C1/C=C\C=C/C/C=C\C(c2nc(-c3ccc(-c4ccc(-c5cc6c(-c7ccc8ccccc8c7)nc7ccccc7c6c6ccccc56)cc4)cc3)cc(-c3ccc4ccccc4c3)n2)=C/1. The summed E-state index contributed by atoms with van der Waals surface area (Å²) in [5.41, 5.74) is 13.3. The van der Waals surface area contributed by atoms with Crippen molar-refractivity contribution < 1.29 is 0 Å². The van der Waals surface area contributed by atoms with E-state index in [0.717, 1.165) is 84.3 Å². The van der Waals surface area contributed by atoms with Crippen LogP contribution >= 0.6 is 0 Å². The molecule has 0 aliphatic heterocycles.